The molecule has 0 aliphatic rings. The molecule has 1 rings (SSSR count). The highest BCUT2D eigenvalue weighted by Gasteiger charge is 2.11. The number of hydrogen-bond acceptors (Lipinski definition) is 3. The number of nitrogens with two attached hydrogens (primary N) is 1. The minimum Gasteiger partial charge on any atom is -0.345 e. The summed E-state index contributed by atoms with van der Waals surface area (Å²) in [6, 6.07) is 6.18. The molecule has 0 heterocycles. The van der Waals surface area contributed by atoms with Gasteiger partial charge in [-0.05, 0) is 25.1 Å². The lowest BCUT2D eigenvalue weighted by molar-refractivity contribution is -0.117. The first-order valence-corrected chi connectivity index (χ1v) is 5.30. The lowest BCUT2D eigenvalue weighted by Gasteiger charge is -2.12. The van der Waals surface area contributed by atoms with Crippen molar-refractivity contribution in [3.63, 3.8) is 0 Å². The molecule has 17 heavy (non-hydrogen) atoms. The van der Waals surface area contributed by atoms with Crippen LogP contribution in [0.5, 0.6) is 0 Å². The van der Waals surface area contributed by atoms with E-state index in [1.165, 1.54) is 4.90 Å². The molecule has 2 amide bonds. The van der Waals surface area contributed by atoms with E-state index in [2.05, 4.69) is 5.32 Å². The number of nitrogens with zero attached hydrogens (tertiary/aromatic N) is 1. The van der Waals surface area contributed by atoms with Gasteiger partial charge in [0.2, 0.25) is 5.91 Å². The summed E-state index contributed by atoms with van der Waals surface area (Å²) in [7, 11) is 3.35. The number of benzene rings is 1. The van der Waals surface area contributed by atoms with Crippen LogP contribution in [0.15, 0.2) is 24.3 Å². The molecule has 5 nitrogen and oxygen atoms in total. The van der Waals surface area contributed by atoms with Crippen molar-refractivity contribution in [1.82, 2.24) is 4.90 Å². The van der Waals surface area contributed by atoms with Gasteiger partial charge in [-0.1, -0.05) is 6.07 Å². The van der Waals surface area contributed by atoms with E-state index in [4.69, 9.17) is 5.73 Å². The molecule has 0 radical (unpaired) electrons. The maximum atomic E-state index is 11.7. The number of amides is 2. The van der Waals surface area contributed by atoms with Crippen LogP contribution in [0.25, 0.3) is 0 Å². The number of carbonyl (C=O) groups excluding carboxylic acids is 2. The Morgan fingerprint density at radius 2 is 2.00 bits per heavy atom. The van der Waals surface area contributed by atoms with Crippen LogP contribution < -0.4 is 11.1 Å². The second kappa shape index (κ2) is 5.45. The van der Waals surface area contributed by atoms with E-state index >= 15 is 0 Å². The quantitative estimate of drug-likeness (QED) is 0.808. The van der Waals surface area contributed by atoms with Crippen LogP contribution >= 0.6 is 0 Å². The Morgan fingerprint density at radius 3 is 2.53 bits per heavy atom. The van der Waals surface area contributed by atoms with Gasteiger partial charge in [-0.15, -0.1) is 0 Å². The molecule has 1 aromatic rings. The summed E-state index contributed by atoms with van der Waals surface area (Å²) in [4.78, 5) is 24.6. The third kappa shape index (κ3) is 3.57. The fourth-order valence-electron chi connectivity index (χ4n) is 1.24. The number of hydrogen-bond donors (Lipinski definition) is 2. The Balaban J connectivity index is 2.86. The number of nitrogens with one attached hydrogen (secondary N) is 1. The van der Waals surface area contributed by atoms with E-state index in [1.807, 2.05) is 0 Å². The molecule has 3 N–H and O–H groups in total. The zero-order valence-corrected chi connectivity index (χ0v) is 10.2. The molecule has 0 saturated carbocycles. The van der Waals surface area contributed by atoms with Crippen LogP contribution in [0, 0.1) is 0 Å². The van der Waals surface area contributed by atoms with Crippen molar-refractivity contribution in [3.05, 3.63) is 29.8 Å². The molecule has 0 fully saturated rings. The lowest BCUT2D eigenvalue weighted by Crippen LogP contribution is -2.32. The standard InChI is InChI=1S/C12H17N3O2/c1-8(13)11(16)14-10-6-4-5-9(7-10)12(17)15(2)3/h4-8H,13H2,1-3H3,(H,14,16)/t8-/m0/s1. The first-order valence-electron chi connectivity index (χ1n) is 5.30. The average molecular weight is 235 g/mol. The molecule has 5 heteroatoms. The fraction of sp³-hybridized carbons (Fsp3) is 0.333. The third-order valence-corrected chi connectivity index (χ3v) is 2.20. The van der Waals surface area contributed by atoms with E-state index < -0.39 is 6.04 Å². The van der Waals surface area contributed by atoms with Crippen molar-refractivity contribution in [1.29, 1.82) is 0 Å². The summed E-state index contributed by atoms with van der Waals surface area (Å²) < 4.78 is 0. The Bertz CT molecular complexity index is 428. The normalized spacial score (nSPS) is 11.8. The van der Waals surface area contributed by atoms with Gasteiger partial charge in [-0.3, -0.25) is 9.59 Å². The molecule has 1 aromatic carbocycles. The fourth-order valence-corrected chi connectivity index (χ4v) is 1.24. The highest BCUT2D eigenvalue weighted by Crippen LogP contribution is 2.12. The molecule has 0 spiro atoms. The summed E-state index contributed by atoms with van der Waals surface area (Å²) in [6.45, 7) is 1.60. The third-order valence-electron chi connectivity index (χ3n) is 2.20. The molecular weight excluding hydrogens is 218 g/mol. The molecular formula is C12H17N3O2. The van der Waals surface area contributed by atoms with Gasteiger partial charge < -0.3 is 16.0 Å². The molecule has 0 aromatic heterocycles. The summed E-state index contributed by atoms with van der Waals surface area (Å²) in [5.41, 5.74) is 6.54. The summed E-state index contributed by atoms with van der Waals surface area (Å²) in [5, 5.41) is 2.64. The lowest BCUT2D eigenvalue weighted by atomic mass is 10.1. The summed E-state index contributed by atoms with van der Waals surface area (Å²) >= 11 is 0. The second-order valence-corrected chi connectivity index (χ2v) is 4.06. The predicted octanol–water partition coefficient (Wildman–Crippen LogP) is 0.674. The van der Waals surface area contributed by atoms with Gasteiger partial charge in [0.1, 0.15) is 0 Å². The predicted molar refractivity (Wildman–Crippen MR) is 66.7 cm³/mol. The Labute approximate surface area is 101 Å². The van der Waals surface area contributed by atoms with Gasteiger partial charge in [0.05, 0.1) is 6.04 Å². The SMILES string of the molecule is C[C@H](N)C(=O)Nc1cccc(C(=O)N(C)C)c1. The first-order chi connectivity index (χ1) is 7.91. The van der Waals surface area contributed by atoms with Gasteiger partial charge in [-0.25, -0.2) is 0 Å². The van der Waals surface area contributed by atoms with Gasteiger partial charge in [0, 0.05) is 25.3 Å². The summed E-state index contributed by atoms with van der Waals surface area (Å²) in [6.07, 6.45) is 0. The highest BCUT2D eigenvalue weighted by atomic mass is 16.2. The van der Waals surface area contributed by atoms with Crippen molar-refractivity contribution in [2.45, 2.75) is 13.0 Å². The van der Waals surface area contributed by atoms with E-state index in [9.17, 15) is 9.59 Å². The Hall–Kier alpha value is -1.88. The van der Waals surface area contributed by atoms with Crippen LogP contribution in [0.4, 0.5) is 5.69 Å². The van der Waals surface area contributed by atoms with Crippen LogP contribution in [0.3, 0.4) is 0 Å². The van der Waals surface area contributed by atoms with E-state index in [0.717, 1.165) is 0 Å². The van der Waals surface area contributed by atoms with E-state index in [0.29, 0.717) is 11.3 Å². The van der Waals surface area contributed by atoms with Crippen molar-refractivity contribution < 1.29 is 9.59 Å². The second-order valence-electron chi connectivity index (χ2n) is 4.06. The van der Waals surface area contributed by atoms with Gasteiger partial charge >= 0.3 is 0 Å². The molecule has 92 valence electrons. The molecule has 0 bridgehead atoms. The van der Waals surface area contributed by atoms with E-state index in [1.54, 1.807) is 45.3 Å². The average Bonchev–Trinajstić information content (AvgIpc) is 2.28. The zero-order chi connectivity index (χ0) is 13.0. The number of carbonyl (C=O) groups is 2. The first kappa shape index (κ1) is 13.2. The largest absolute Gasteiger partial charge is 0.345 e. The maximum Gasteiger partial charge on any atom is 0.253 e. The van der Waals surface area contributed by atoms with Crippen LogP contribution in [0.2, 0.25) is 0 Å². The minimum atomic E-state index is -0.580. The number of rotatable bonds is 3. The minimum absolute atomic E-state index is 0.109. The smallest absolute Gasteiger partial charge is 0.253 e. The van der Waals surface area contributed by atoms with Crippen molar-refractivity contribution in [2.75, 3.05) is 19.4 Å². The molecule has 0 aliphatic carbocycles. The Morgan fingerprint density at radius 1 is 1.35 bits per heavy atom. The van der Waals surface area contributed by atoms with Gasteiger partial charge in [-0.2, -0.15) is 0 Å². The molecule has 0 aliphatic heterocycles. The molecule has 0 unspecified atom stereocenters. The van der Waals surface area contributed by atoms with Crippen LogP contribution in [0.1, 0.15) is 17.3 Å². The monoisotopic (exact) mass is 235 g/mol. The van der Waals surface area contributed by atoms with Gasteiger partial charge in [0.25, 0.3) is 5.91 Å². The number of anilines is 1. The van der Waals surface area contributed by atoms with E-state index in [-0.39, 0.29) is 11.8 Å². The van der Waals surface area contributed by atoms with Crippen molar-refractivity contribution in [2.24, 2.45) is 5.73 Å². The Kier molecular flexibility index (Phi) is 4.23. The topological polar surface area (TPSA) is 75.4 Å². The van der Waals surface area contributed by atoms with Crippen LogP contribution in [-0.4, -0.2) is 36.9 Å². The van der Waals surface area contributed by atoms with Crippen molar-refractivity contribution in [3.8, 4) is 0 Å². The molecule has 0 saturated heterocycles. The maximum absolute atomic E-state index is 11.7. The summed E-state index contributed by atoms with van der Waals surface area (Å²) in [5.74, 6) is -0.388. The van der Waals surface area contributed by atoms with Crippen molar-refractivity contribution >= 4 is 17.5 Å². The van der Waals surface area contributed by atoms with Crippen LogP contribution in [-0.2, 0) is 4.79 Å². The van der Waals surface area contributed by atoms with Gasteiger partial charge in [0.15, 0.2) is 0 Å². The highest BCUT2D eigenvalue weighted by molar-refractivity contribution is 5.98. The zero-order valence-electron chi connectivity index (χ0n) is 10.2. The molecule has 1 atom stereocenters.